The summed E-state index contributed by atoms with van der Waals surface area (Å²) in [5.74, 6) is 0.0349. The zero-order valence-corrected chi connectivity index (χ0v) is 11.1. The van der Waals surface area contributed by atoms with Crippen molar-refractivity contribution in [2.75, 3.05) is 24.2 Å². The van der Waals surface area contributed by atoms with Crippen LogP contribution >= 0.6 is 11.8 Å². The van der Waals surface area contributed by atoms with Crippen LogP contribution in [-0.4, -0.2) is 30.8 Å². The van der Waals surface area contributed by atoms with Crippen LogP contribution in [0.2, 0.25) is 0 Å². The lowest BCUT2D eigenvalue weighted by molar-refractivity contribution is -0.115. The molecule has 0 radical (unpaired) electrons. The molecule has 1 unspecified atom stereocenters. The minimum absolute atomic E-state index is 0.285. The highest BCUT2D eigenvalue weighted by molar-refractivity contribution is 8.00. The van der Waals surface area contributed by atoms with Crippen molar-refractivity contribution < 1.29 is 4.79 Å². The maximum absolute atomic E-state index is 10.8. The summed E-state index contributed by atoms with van der Waals surface area (Å²) >= 11 is 1.48. The minimum Gasteiger partial charge on any atom is -0.383 e. The molecule has 1 atom stereocenters. The van der Waals surface area contributed by atoms with Crippen molar-refractivity contribution in [3.05, 3.63) is 24.3 Å². The molecule has 0 aliphatic carbocycles. The Labute approximate surface area is 112 Å². The molecular weight excluding hydrogens is 246 g/mol. The van der Waals surface area contributed by atoms with Crippen molar-refractivity contribution in [1.82, 2.24) is 5.32 Å². The van der Waals surface area contributed by atoms with Gasteiger partial charge in [-0.15, -0.1) is 11.8 Å². The van der Waals surface area contributed by atoms with Crippen LogP contribution in [0.5, 0.6) is 0 Å². The molecule has 4 nitrogen and oxygen atoms in total. The number of carbonyl (C=O) groups is 1. The minimum atomic E-state index is -0.285. The Balaban J connectivity index is 1.91. The zero-order chi connectivity index (χ0) is 12.8. The number of nitrogens with two attached hydrogens (primary N) is 1. The first-order valence-electron chi connectivity index (χ1n) is 6.23. The highest BCUT2D eigenvalue weighted by Gasteiger charge is 2.14. The highest BCUT2D eigenvalue weighted by atomic mass is 32.2. The van der Waals surface area contributed by atoms with Crippen molar-refractivity contribution in [2.24, 2.45) is 5.73 Å². The average molecular weight is 265 g/mol. The predicted octanol–water partition coefficient (Wildman–Crippen LogP) is 1.43. The summed E-state index contributed by atoms with van der Waals surface area (Å²) in [4.78, 5) is 11.9. The molecule has 0 aromatic heterocycles. The summed E-state index contributed by atoms with van der Waals surface area (Å²) in [6, 6.07) is 8.58. The lowest BCUT2D eigenvalue weighted by atomic mass is 10.2. The summed E-state index contributed by atoms with van der Waals surface area (Å²) in [5.41, 5.74) is 6.25. The van der Waals surface area contributed by atoms with E-state index < -0.39 is 0 Å². The van der Waals surface area contributed by atoms with Gasteiger partial charge in [0.1, 0.15) is 0 Å². The SMILES string of the molecule is NC(=O)CSc1ccccc1NCC1CCCN1. The van der Waals surface area contributed by atoms with E-state index >= 15 is 0 Å². The molecular formula is C13H19N3OS. The number of rotatable bonds is 6. The molecule has 2 rings (SSSR count). The zero-order valence-electron chi connectivity index (χ0n) is 10.3. The van der Waals surface area contributed by atoms with Crippen LogP contribution < -0.4 is 16.4 Å². The fourth-order valence-electron chi connectivity index (χ4n) is 2.05. The van der Waals surface area contributed by atoms with Crippen LogP contribution in [0.1, 0.15) is 12.8 Å². The van der Waals surface area contributed by atoms with E-state index in [1.54, 1.807) is 0 Å². The van der Waals surface area contributed by atoms with Gasteiger partial charge in [-0.3, -0.25) is 4.79 Å². The average Bonchev–Trinajstić information content (AvgIpc) is 2.88. The second-order valence-electron chi connectivity index (χ2n) is 4.43. The molecule has 18 heavy (non-hydrogen) atoms. The fraction of sp³-hybridized carbons (Fsp3) is 0.462. The van der Waals surface area contributed by atoms with Crippen molar-refractivity contribution in [3.8, 4) is 0 Å². The monoisotopic (exact) mass is 265 g/mol. The molecule has 0 saturated carbocycles. The molecule has 1 aromatic carbocycles. The van der Waals surface area contributed by atoms with Gasteiger partial charge in [-0.1, -0.05) is 12.1 Å². The number of benzene rings is 1. The van der Waals surface area contributed by atoms with Crippen LogP contribution in [0, 0.1) is 0 Å². The number of hydrogen-bond donors (Lipinski definition) is 3. The number of anilines is 1. The lowest BCUT2D eigenvalue weighted by Crippen LogP contribution is -2.29. The molecule has 0 bridgehead atoms. The van der Waals surface area contributed by atoms with Gasteiger partial charge in [-0.05, 0) is 31.5 Å². The van der Waals surface area contributed by atoms with Gasteiger partial charge in [0.25, 0.3) is 0 Å². The second-order valence-corrected chi connectivity index (χ2v) is 5.44. The molecule has 1 saturated heterocycles. The fourth-order valence-corrected chi connectivity index (χ4v) is 2.82. The van der Waals surface area contributed by atoms with Crippen LogP contribution in [-0.2, 0) is 4.79 Å². The van der Waals surface area contributed by atoms with E-state index in [9.17, 15) is 4.79 Å². The number of carbonyl (C=O) groups excluding carboxylic acids is 1. The van der Waals surface area contributed by atoms with Gasteiger partial charge in [-0.25, -0.2) is 0 Å². The highest BCUT2D eigenvalue weighted by Crippen LogP contribution is 2.26. The molecule has 1 aromatic rings. The van der Waals surface area contributed by atoms with Gasteiger partial charge in [-0.2, -0.15) is 0 Å². The Morgan fingerprint density at radius 1 is 1.50 bits per heavy atom. The van der Waals surface area contributed by atoms with Gasteiger partial charge in [0.15, 0.2) is 0 Å². The summed E-state index contributed by atoms with van der Waals surface area (Å²) in [5, 5.41) is 6.90. The van der Waals surface area contributed by atoms with E-state index in [-0.39, 0.29) is 5.91 Å². The Morgan fingerprint density at radius 2 is 2.33 bits per heavy atom. The Hall–Kier alpha value is -1.20. The molecule has 1 aliphatic rings. The number of primary amides is 1. The van der Waals surface area contributed by atoms with Gasteiger partial charge in [0.05, 0.1) is 5.75 Å². The lowest BCUT2D eigenvalue weighted by Gasteiger charge is -2.15. The largest absolute Gasteiger partial charge is 0.383 e. The third kappa shape index (κ3) is 3.92. The van der Waals surface area contributed by atoms with Crippen molar-refractivity contribution >= 4 is 23.4 Å². The topological polar surface area (TPSA) is 67.2 Å². The third-order valence-electron chi connectivity index (χ3n) is 2.96. The van der Waals surface area contributed by atoms with Gasteiger partial charge < -0.3 is 16.4 Å². The quantitative estimate of drug-likeness (QED) is 0.681. The number of para-hydroxylation sites is 1. The third-order valence-corrected chi connectivity index (χ3v) is 4.05. The van der Waals surface area contributed by atoms with E-state index in [0.29, 0.717) is 11.8 Å². The molecule has 1 amide bonds. The van der Waals surface area contributed by atoms with E-state index in [0.717, 1.165) is 23.7 Å². The Morgan fingerprint density at radius 3 is 3.06 bits per heavy atom. The first kappa shape index (κ1) is 13.2. The first-order chi connectivity index (χ1) is 8.75. The van der Waals surface area contributed by atoms with Gasteiger partial charge >= 0.3 is 0 Å². The standard InChI is InChI=1S/C13H19N3OS/c14-13(17)9-18-12-6-2-1-5-11(12)16-8-10-4-3-7-15-10/h1-2,5-6,10,15-16H,3-4,7-9H2,(H2,14,17). The van der Waals surface area contributed by atoms with Crippen LogP contribution in [0.25, 0.3) is 0 Å². The second kappa shape index (κ2) is 6.66. The molecule has 1 fully saturated rings. The molecule has 98 valence electrons. The Bertz CT molecular complexity index is 405. The smallest absolute Gasteiger partial charge is 0.227 e. The summed E-state index contributed by atoms with van der Waals surface area (Å²) in [6.45, 7) is 2.04. The molecule has 0 spiro atoms. The van der Waals surface area contributed by atoms with E-state index in [1.165, 1.54) is 24.6 Å². The first-order valence-corrected chi connectivity index (χ1v) is 7.21. The van der Waals surface area contributed by atoms with Crippen molar-refractivity contribution in [1.29, 1.82) is 0 Å². The maximum Gasteiger partial charge on any atom is 0.227 e. The summed E-state index contributed by atoms with van der Waals surface area (Å²) in [6.07, 6.45) is 2.48. The van der Waals surface area contributed by atoms with E-state index in [4.69, 9.17) is 5.73 Å². The number of hydrogen-bond acceptors (Lipinski definition) is 4. The maximum atomic E-state index is 10.8. The van der Waals surface area contributed by atoms with E-state index in [1.807, 2.05) is 24.3 Å². The number of thioether (sulfide) groups is 1. The van der Waals surface area contributed by atoms with Crippen LogP contribution in [0.3, 0.4) is 0 Å². The molecule has 1 aliphatic heterocycles. The summed E-state index contributed by atoms with van der Waals surface area (Å²) in [7, 11) is 0. The Kier molecular flexibility index (Phi) is 4.90. The van der Waals surface area contributed by atoms with Gasteiger partial charge in [0.2, 0.25) is 5.91 Å². The van der Waals surface area contributed by atoms with Crippen molar-refractivity contribution in [3.63, 3.8) is 0 Å². The molecule has 1 heterocycles. The predicted molar refractivity (Wildman–Crippen MR) is 75.9 cm³/mol. The van der Waals surface area contributed by atoms with Crippen LogP contribution in [0.4, 0.5) is 5.69 Å². The normalized spacial score (nSPS) is 18.8. The molecule has 4 N–H and O–H groups in total. The summed E-state index contributed by atoms with van der Waals surface area (Å²) < 4.78 is 0. The van der Waals surface area contributed by atoms with E-state index in [2.05, 4.69) is 10.6 Å². The molecule has 5 heteroatoms. The number of nitrogens with one attached hydrogen (secondary N) is 2. The van der Waals surface area contributed by atoms with Crippen molar-refractivity contribution in [2.45, 2.75) is 23.8 Å². The van der Waals surface area contributed by atoms with Crippen LogP contribution in [0.15, 0.2) is 29.2 Å². The van der Waals surface area contributed by atoms with Gasteiger partial charge in [0, 0.05) is 23.2 Å². The number of amides is 1.